The number of hydrogen-bond acceptors (Lipinski definition) is 4. The van der Waals surface area contributed by atoms with E-state index in [1.807, 2.05) is 11.4 Å². The number of thiophene rings is 1. The Bertz CT molecular complexity index is 201. The molecule has 1 heterocycles. The van der Waals surface area contributed by atoms with E-state index in [-0.39, 0.29) is 12.6 Å². The monoisotopic (exact) mass is 186 g/mol. The minimum absolute atomic E-state index is 0.153. The minimum atomic E-state index is 0.153. The van der Waals surface area contributed by atoms with E-state index in [0.717, 1.165) is 0 Å². The molecule has 4 N–H and O–H groups in total. The summed E-state index contributed by atoms with van der Waals surface area (Å²) >= 11 is 1.66. The van der Waals surface area contributed by atoms with Crippen LogP contribution in [0.2, 0.25) is 0 Å². The third kappa shape index (κ3) is 2.57. The van der Waals surface area contributed by atoms with E-state index in [2.05, 4.69) is 10.7 Å². The lowest BCUT2D eigenvalue weighted by Crippen LogP contribution is -2.29. The van der Waals surface area contributed by atoms with Gasteiger partial charge in [0, 0.05) is 19.1 Å². The summed E-state index contributed by atoms with van der Waals surface area (Å²) in [5, 5.41) is 15.9. The average Bonchev–Trinajstić information content (AvgIpc) is 2.59. The largest absolute Gasteiger partial charge is 0.395 e. The quantitative estimate of drug-likeness (QED) is 0.621. The van der Waals surface area contributed by atoms with Gasteiger partial charge < -0.3 is 16.2 Å². The molecule has 1 aromatic heterocycles. The van der Waals surface area contributed by atoms with Crippen LogP contribution in [-0.2, 0) is 0 Å². The van der Waals surface area contributed by atoms with E-state index >= 15 is 0 Å². The Labute approximate surface area is 76.2 Å². The summed E-state index contributed by atoms with van der Waals surface area (Å²) in [4.78, 5) is 0. The van der Waals surface area contributed by atoms with Crippen LogP contribution >= 0.6 is 11.3 Å². The zero-order chi connectivity index (χ0) is 8.81. The fourth-order valence-corrected chi connectivity index (χ4v) is 1.76. The molecule has 0 aliphatic carbocycles. The van der Waals surface area contributed by atoms with Crippen LogP contribution in [0.5, 0.6) is 0 Å². The van der Waals surface area contributed by atoms with E-state index < -0.39 is 0 Å². The van der Waals surface area contributed by atoms with E-state index in [0.29, 0.717) is 13.1 Å². The lowest BCUT2D eigenvalue weighted by molar-refractivity contribution is 0.285. The zero-order valence-corrected chi connectivity index (χ0v) is 7.68. The van der Waals surface area contributed by atoms with Crippen LogP contribution < -0.4 is 11.1 Å². The topological polar surface area (TPSA) is 58.3 Å². The molecule has 1 atom stereocenters. The molecule has 1 aromatic rings. The molecule has 0 bridgehead atoms. The van der Waals surface area contributed by atoms with Crippen molar-refractivity contribution >= 4 is 11.3 Å². The minimum Gasteiger partial charge on any atom is -0.395 e. The summed E-state index contributed by atoms with van der Waals surface area (Å²) in [6.07, 6.45) is 0. The van der Waals surface area contributed by atoms with Gasteiger partial charge in [0.05, 0.1) is 6.61 Å². The number of aliphatic hydroxyl groups excluding tert-OH is 1. The van der Waals surface area contributed by atoms with E-state index in [9.17, 15) is 0 Å². The third-order valence-corrected chi connectivity index (χ3v) is 2.39. The maximum atomic E-state index is 8.61. The van der Waals surface area contributed by atoms with Crippen LogP contribution in [0.4, 0.5) is 0 Å². The molecule has 0 aliphatic rings. The molecule has 0 aliphatic heterocycles. The highest BCUT2D eigenvalue weighted by Gasteiger charge is 2.07. The molecule has 0 spiro atoms. The van der Waals surface area contributed by atoms with Crippen LogP contribution in [0.3, 0.4) is 0 Å². The Morgan fingerprint density at radius 1 is 1.67 bits per heavy atom. The van der Waals surface area contributed by atoms with Crippen molar-refractivity contribution in [2.45, 2.75) is 6.04 Å². The second-order valence-corrected chi connectivity index (χ2v) is 3.30. The maximum absolute atomic E-state index is 8.61. The normalized spacial score (nSPS) is 13.2. The molecule has 0 saturated carbocycles. The first-order valence-electron chi connectivity index (χ1n) is 3.95. The number of nitrogens with one attached hydrogen (secondary N) is 1. The van der Waals surface area contributed by atoms with Gasteiger partial charge in [-0.05, 0) is 22.4 Å². The average molecular weight is 186 g/mol. The smallest absolute Gasteiger partial charge is 0.0556 e. The zero-order valence-electron chi connectivity index (χ0n) is 6.86. The first kappa shape index (κ1) is 9.67. The third-order valence-electron chi connectivity index (χ3n) is 1.68. The van der Waals surface area contributed by atoms with Gasteiger partial charge in [0.15, 0.2) is 0 Å². The summed E-state index contributed by atoms with van der Waals surface area (Å²) < 4.78 is 0. The Kier molecular flexibility index (Phi) is 4.24. The van der Waals surface area contributed by atoms with Gasteiger partial charge in [-0.2, -0.15) is 11.3 Å². The van der Waals surface area contributed by atoms with Crippen LogP contribution in [0, 0.1) is 0 Å². The van der Waals surface area contributed by atoms with Gasteiger partial charge >= 0.3 is 0 Å². The molecular weight excluding hydrogens is 172 g/mol. The number of hydrogen-bond donors (Lipinski definition) is 3. The van der Waals surface area contributed by atoms with Crippen molar-refractivity contribution in [1.82, 2.24) is 5.32 Å². The fourth-order valence-electron chi connectivity index (χ4n) is 1.05. The first-order valence-corrected chi connectivity index (χ1v) is 4.89. The Morgan fingerprint density at radius 2 is 2.50 bits per heavy atom. The summed E-state index contributed by atoms with van der Waals surface area (Å²) in [5.41, 5.74) is 6.77. The number of rotatable bonds is 5. The van der Waals surface area contributed by atoms with Crippen LogP contribution in [0.15, 0.2) is 16.8 Å². The van der Waals surface area contributed by atoms with Crippen molar-refractivity contribution in [3.8, 4) is 0 Å². The second kappa shape index (κ2) is 5.27. The van der Waals surface area contributed by atoms with Crippen LogP contribution in [0.1, 0.15) is 11.6 Å². The van der Waals surface area contributed by atoms with Gasteiger partial charge in [-0.1, -0.05) is 0 Å². The van der Waals surface area contributed by atoms with Crippen molar-refractivity contribution in [1.29, 1.82) is 0 Å². The summed E-state index contributed by atoms with van der Waals surface area (Å²) in [6.45, 7) is 1.31. The molecule has 0 radical (unpaired) electrons. The maximum Gasteiger partial charge on any atom is 0.0556 e. The predicted molar refractivity (Wildman–Crippen MR) is 51.2 cm³/mol. The predicted octanol–water partition coefficient (Wildman–Crippen LogP) is 0.330. The second-order valence-electron chi connectivity index (χ2n) is 2.52. The van der Waals surface area contributed by atoms with Crippen LogP contribution in [-0.4, -0.2) is 24.8 Å². The molecular formula is C8H14N2OS. The van der Waals surface area contributed by atoms with Gasteiger partial charge in [0.1, 0.15) is 0 Å². The van der Waals surface area contributed by atoms with Gasteiger partial charge in [-0.3, -0.25) is 0 Å². The molecule has 68 valence electrons. The molecule has 1 rings (SSSR count). The van der Waals surface area contributed by atoms with Gasteiger partial charge in [0.25, 0.3) is 0 Å². The SMILES string of the molecule is NCC(NCCO)c1ccsc1. The molecule has 1 unspecified atom stereocenters. The van der Waals surface area contributed by atoms with Crippen molar-refractivity contribution < 1.29 is 5.11 Å². The van der Waals surface area contributed by atoms with Crippen molar-refractivity contribution in [3.05, 3.63) is 22.4 Å². The summed E-state index contributed by atoms with van der Waals surface area (Å²) in [5.74, 6) is 0. The highest BCUT2D eigenvalue weighted by atomic mass is 32.1. The lowest BCUT2D eigenvalue weighted by atomic mass is 10.1. The highest BCUT2D eigenvalue weighted by molar-refractivity contribution is 7.07. The highest BCUT2D eigenvalue weighted by Crippen LogP contribution is 2.14. The standard InChI is InChI=1S/C8H14N2OS/c9-5-8(10-2-3-11)7-1-4-12-6-7/h1,4,6,8,10-11H,2-3,5,9H2. The molecule has 0 saturated heterocycles. The molecule has 4 heteroatoms. The van der Waals surface area contributed by atoms with E-state index in [4.69, 9.17) is 10.8 Å². The number of aliphatic hydroxyl groups is 1. The number of nitrogens with two attached hydrogens (primary N) is 1. The summed E-state index contributed by atoms with van der Waals surface area (Å²) in [7, 11) is 0. The molecule has 0 aromatic carbocycles. The first-order chi connectivity index (χ1) is 5.88. The van der Waals surface area contributed by atoms with Crippen molar-refractivity contribution in [3.63, 3.8) is 0 Å². The lowest BCUT2D eigenvalue weighted by Gasteiger charge is -2.14. The summed E-state index contributed by atoms with van der Waals surface area (Å²) in [6, 6.07) is 2.23. The van der Waals surface area contributed by atoms with Gasteiger partial charge in [0.2, 0.25) is 0 Å². The molecule has 0 fully saturated rings. The molecule has 0 amide bonds. The van der Waals surface area contributed by atoms with Crippen molar-refractivity contribution in [2.24, 2.45) is 5.73 Å². The molecule has 3 nitrogen and oxygen atoms in total. The van der Waals surface area contributed by atoms with E-state index in [1.165, 1.54) is 5.56 Å². The van der Waals surface area contributed by atoms with Gasteiger partial charge in [-0.15, -0.1) is 0 Å². The van der Waals surface area contributed by atoms with E-state index in [1.54, 1.807) is 11.3 Å². The van der Waals surface area contributed by atoms with Crippen molar-refractivity contribution in [2.75, 3.05) is 19.7 Å². The Morgan fingerprint density at radius 3 is 3.00 bits per heavy atom. The van der Waals surface area contributed by atoms with Gasteiger partial charge in [-0.25, -0.2) is 0 Å². The fraction of sp³-hybridized carbons (Fsp3) is 0.500. The Hall–Kier alpha value is -0.420. The van der Waals surface area contributed by atoms with Crippen LogP contribution in [0.25, 0.3) is 0 Å². The Balaban J connectivity index is 2.45. The molecule has 12 heavy (non-hydrogen) atoms.